The zero-order valence-corrected chi connectivity index (χ0v) is 16.4. The molecule has 27 heavy (non-hydrogen) atoms. The van der Waals surface area contributed by atoms with Crippen molar-refractivity contribution < 1.29 is 9.18 Å². The van der Waals surface area contributed by atoms with Gasteiger partial charge in [0.15, 0.2) is 5.13 Å². The van der Waals surface area contributed by atoms with Gasteiger partial charge in [0.05, 0.1) is 16.8 Å². The molecule has 142 valence electrons. The van der Waals surface area contributed by atoms with Crippen LogP contribution in [0.1, 0.15) is 39.7 Å². The molecule has 1 aromatic carbocycles. The number of nitrogens with zero attached hydrogens (tertiary/aromatic N) is 2. The Balaban J connectivity index is 0.00000210. The van der Waals surface area contributed by atoms with Crippen molar-refractivity contribution in [3.05, 3.63) is 52.4 Å². The molecule has 1 fully saturated rings. The number of fused-ring (bicyclic) bond motifs is 1. The number of amides is 1. The van der Waals surface area contributed by atoms with E-state index in [4.69, 9.17) is 0 Å². The maximum atomic E-state index is 13.3. The highest BCUT2D eigenvalue weighted by molar-refractivity contribution is 7.15. The van der Waals surface area contributed by atoms with Crippen molar-refractivity contribution >= 4 is 45.7 Å². The van der Waals surface area contributed by atoms with Crippen molar-refractivity contribution in [2.24, 2.45) is 0 Å². The second-order valence-corrected chi connectivity index (χ2v) is 7.57. The first kappa shape index (κ1) is 19.7. The number of aromatic nitrogens is 2. The van der Waals surface area contributed by atoms with E-state index in [-0.39, 0.29) is 24.1 Å². The van der Waals surface area contributed by atoms with Crippen molar-refractivity contribution in [1.29, 1.82) is 0 Å². The summed E-state index contributed by atoms with van der Waals surface area (Å²) in [4.78, 5) is 22.6. The third-order valence-electron chi connectivity index (χ3n) is 4.70. The molecule has 1 saturated heterocycles. The molecule has 1 aliphatic rings. The van der Waals surface area contributed by atoms with Crippen LogP contribution in [0.3, 0.4) is 0 Å². The quantitative estimate of drug-likeness (QED) is 0.681. The number of hydrogen-bond donors (Lipinski definition) is 2. The number of pyridine rings is 1. The van der Waals surface area contributed by atoms with Gasteiger partial charge in [0.1, 0.15) is 5.82 Å². The van der Waals surface area contributed by atoms with Gasteiger partial charge in [-0.25, -0.2) is 9.37 Å². The largest absolute Gasteiger partial charge is 0.317 e. The van der Waals surface area contributed by atoms with E-state index in [0.717, 1.165) is 31.3 Å². The van der Waals surface area contributed by atoms with Gasteiger partial charge in [-0.05, 0) is 57.0 Å². The van der Waals surface area contributed by atoms with Gasteiger partial charge in [-0.2, -0.15) is 0 Å². The molecule has 5 nitrogen and oxygen atoms in total. The van der Waals surface area contributed by atoms with E-state index in [1.807, 2.05) is 6.20 Å². The minimum atomic E-state index is -0.338. The number of thiazole rings is 1. The van der Waals surface area contributed by atoms with Crippen molar-refractivity contribution in [3.8, 4) is 0 Å². The van der Waals surface area contributed by atoms with E-state index in [1.165, 1.54) is 28.3 Å². The number of rotatable bonds is 3. The number of aryl methyl sites for hydroxylation is 1. The summed E-state index contributed by atoms with van der Waals surface area (Å²) in [6.45, 7) is 3.79. The highest BCUT2D eigenvalue weighted by Crippen LogP contribution is 2.32. The van der Waals surface area contributed by atoms with Crippen LogP contribution in [0.5, 0.6) is 0 Å². The summed E-state index contributed by atoms with van der Waals surface area (Å²) in [5, 5.41) is 7.56. The summed E-state index contributed by atoms with van der Waals surface area (Å²) in [6.07, 6.45) is 4.06. The van der Waals surface area contributed by atoms with Gasteiger partial charge < -0.3 is 5.32 Å². The highest BCUT2D eigenvalue weighted by Gasteiger charge is 2.19. The molecule has 8 heteroatoms. The number of carbonyl (C=O) groups excluding carboxylic acids is 1. The second kappa shape index (κ2) is 8.29. The minimum absolute atomic E-state index is 0. The summed E-state index contributed by atoms with van der Waals surface area (Å²) in [5.41, 5.74) is 1.58. The maximum absolute atomic E-state index is 13.3. The molecule has 0 aliphatic carbocycles. The smallest absolute Gasteiger partial charge is 0.259 e. The van der Waals surface area contributed by atoms with E-state index >= 15 is 0 Å². The fourth-order valence-electron chi connectivity index (χ4n) is 3.27. The summed E-state index contributed by atoms with van der Waals surface area (Å²) >= 11 is 1.53. The Morgan fingerprint density at radius 2 is 2.07 bits per heavy atom. The Bertz CT molecular complexity index is 971. The van der Waals surface area contributed by atoms with Crippen molar-refractivity contribution in [1.82, 2.24) is 15.3 Å². The van der Waals surface area contributed by atoms with Crippen molar-refractivity contribution in [3.63, 3.8) is 0 Å². The van der Waals surface area contributed by atoms with Gasteiger partial charge in [0.2, 0.25) is 0 Å². The van der Waals surface area contributed by atoms with Gasteiger partial charge >= 0.3 is 0 Å². The molecule has 0 spiro atoms. The molecule has 2 N–H and O–H groups in total. The molecule has 3 heterocycles. The van der Waals surface area contributed by atoms with Crippen LogP contribution in [0.4, 0.5) is 9.52 Å². The van der Waals surface area contributed by atoms with E-state index < -0.39 is 0 Å². The Labute approximate surface area is 166 Å². The Kier molecular flexibility index (Phi) is 6.04. The predicted octanol–water partition coefficient (Wildman–Crippen LogP) is 4.28. The first-order valence-electron chi connectivity index (χ1n) is 8.65. The lowest BCUT2D eigenvalue weighted by Gasteiger charge is -2.20. The Morgan fingerprint density at radius 3 is 2.85 bits per heavy atom. The summed E-state index contributed by atoms with van der Waals surface area (Å²) in [5.74, 6) is -0.0689. The van der Waals surface area contributed by atoms with Gasteiger partial charge in [-0.1, -0.05) is 0 Å². The van der Waals surface area contributed by atoms with Gasteiger partial charge in [-0.15, -0.1) is 23.7 Å². The number of piperidine rings is 1. The normalized spacial score (nSPS) is 14.7. The van der Waals surface area contributed by atoms with E-state index in [2.05, 4.69) is 20.6 Å². The summed E-state index contributed by atoms with van der Waals surface area (Å²) < 4.78 is 13.3. The first-order valence-corrected chi connectivity index (χ1v) is 9.46. The first-order chi connectivity index (χ1) is 12.6. The van der Waals surface area contributed by atoms with E-state index in [9.17, 15) is 9.18 Å². The topological polar surface area (TPSA) is 66.9 Å². The number of hydrogen-bond acceptors (Lipinski definition) is 5. The molecule has 0 atom stereocenters. The monoisotopic (exact) mass is 406 g/mol. The van der Waals surface area contributed by atoms with Crippen LogP contribution in [-0.4, -0.2) is 29.0 Å². The Hall–Kier alpha value is -2.09. The maximum Gasteiger partial charge on any atom is 0.259 e. The lowest BCUT2D eigenvalue weighted by molar-refractivity contribution is 0.102. The van der Waals surface area contributed by atoms with Crippen LogP contribution in [0.15, 0.2) is 30.5 Å². The van der Waals surface area contributed by atoms with Gasteiger partial charge in [0, 0.05) is 22.5 Å². The average molecular weight is 407 g/mol. The fourth-order valence-corrected chi connectivity index (χ4v) is 4.25. The highest BCUT2D eigenvalue weighted by atomic mass is 35.5. The molecule has 0 bridgehead atoms. The summed E-state index contributed by atoms with van der Waals surface area (Å²) in [7, 11) is 0. The van der Waals surface area contributed by atoms with Gasteiger partial charge in [-0.3, -0.25) is 15.1 Å². The van der Waals surface area contributed by atoms with Crippen LogP contribution in [0.25, 0.3) is 10.9 Å². The van der Waals surface area contributed by atoms with Crippen molar-refractivity contribution in [2.45, 2.75) is 25.7 Å². The van der Waals surface area contributed by atoms with Gasteiger partial charge in [0.25, 0.3) is 5.91 Å². The molecule has 3 aromatic rings. The molecular formula is C19H20ClFN4OS. The third kappa shape index (κ3) is 4.26. The average Bonchev–Trinajstić information content (AvgIpc) is 3.10. The molecule has 1 amide bonds. The number of anilines is 1. The molecule has 1 aliphatic heterocycles. The van der Waals surface area contributed by atoms with Crippen LogP contribution >= 0.6 is 23.7 Å². The molecule has 0 radical (unpaired) electrons. The van der Waals surface area contributed by atoms with Crippen LogP contribution in [0.2, 0.25) is 0 Å². The number of halogens is 2. The van der Waals surface area contributed by atoms with E-state index in [1.54, 1.807) is 19.1 Å². The molecule has 4 rings (SSSR count). The fraction of sp³-hybridized carbons (Fsp3) is 0.316. The molecule has 0 unspecified atom stereocenters. The van der Waals surface area contributed by atoms with Crippen LogP contribution < -0.4 is 10.6 Å². The standard InChI is InChI=1S/C19H19FN4OS.ClH/c1-11-15(8-13-2-3-14(20)9-16(13)23-11)18(25)24-19-22-10-17(26-19)12-4-6-21-7-5-12;/h2-3,8-10,12,21H,4-7H2,1H3,(H,22,24,25);1H. The zero-order valence-electron chi connectivity index (χ0n) is 14.8. The Morgan fingerprint density at radius 1 is 1.30 bits per heavy atom. The lowest BCUT2D eigenvalue weighted by atomic mass is 9.97. The SMILES string of the molecule is Cc1nc2cc(F)ccc2cc1C(=O)Nc1ncc(C2CCNCC2)s1.Cl. The second-order valence-electron chi connectivity index (χ2n) is 6.50. The van der Waals surface area contributed by atoms with Crippen LogP contribution in [-0.2, 0) is 0 Å². The predicted molar refractivity (Wildman–Crippen MR) is 109 cm³/mol. The molecular weight excluding hydrogens is 387 g/mol. The van der Waals surface area contributed by atoms with Crippen LogP contribution in [0, 0.1) is 12.7 Å². The number of nitrogens with one attached hydrogen (secondary N) is 2. The number of carbonyl (C=O) groups is 1. The minimum Gasteiger partial charge on any atom is -0.317 e. The molecule has 0 saturated carbocycles. The third-order valence-corrected chi connectivity index (χ3v) is 5.78. The number of benzene rings is 1. The summed E-state index contributed by atoms with van der Waals surface area (Å²) in [6, 6.07) is 6.11. The van der Waals surface area contributed by atoms with E-state index in [0.29, 0.717) is 27.8 Å². The zero-order chi connectivity index (χ0) is 18.1. The molecule has 2 aromatic heterocycles. The lowest BCUT2D eigenvalue weighted by Crippen LogP contribution is -2.26. The van der Waals surface area contributed by atoms with Crippen molar-refractivity contribution in [2.75, 3.05) is 18.4 Å².